The highest BCUT2D eigenvalue weighted by atomic mass is 16.6. The number of amides is 3. The van der Waals surface area contributed by atoms with Crippen LogP contribution in [0.5, 0.6) is 0 Å². The van der Waals surface area contributed by atoms with E-state index in [0.29, 0.717) is 0 Å². The fourth-order valence-corrected chi connectivity index (χ4v) is 3.02. The van der Waals surface area contributed by atoms with Crippen LogP contribution in [0.4, 0.5) is 4.79 Å². The van der Waals surface area contributed by atoms with E-state index in [0.717, 1.165) is 9.80 Å². The number of nitrogens with zero attached hydrogens (tertiary/aromatic N) is 3. The van der Waals surface area contributed by atoms with Gasteiger partial charge < -0.3 is 30.7 Å². The van der Waals surface area contributed by atoms with Crippen LogP contribution in [-0.4, -0.2) is 99.1 Å². The Hall–Kier alpha value is -2.12. The molecule has 0 aromatic rings. The molecule has 3 rings (SSSR count). The third kappa shape index (κ3) is 2.35. The highest BCUT2D eigenvalue weighted by molar-refractivity contribution is 6.25. The van der Waals surface area contributed by atoms with Crippen molar-refractivity contribution in [3.05, 3.63) is 0 Å². The van der Waals surface area contributed by atoms with Gasteiger partial charge in [0.25, 0.3) is 5.91 Å². The first-order chi connectivity index (χ1) is 11.4. The summed E-state index contributed by atoms with van der Waals surface area (Å²) in [5.41, 5.74) is 5.48. The zero-order valence-electron chi connectivity index (χ0n) is 12.5. The summed E-state index contributed by atoms with van der Waals surface area (Å²) in [7, 11) is 0. The van der Waals surface area contributed by atoms with Gasteiger partial charge >= 0.3 is 6.03 Å². The van der Waals surface area contributed by atoms with Gasteiger partial charge in [0.2, 0.25) is 5.96 Å². The van der Waals surface area contributed by atoms with Crippen LogP contribution in [0.2, 0.25) is 0 Å². The van der Waals surface area contributed by atoms with Crippen molar-refractivity contribution in [2.75, 3.05) is 19.7 Å². The van der Waals surface area contributed by atoms with Gasteiger partial charge in [-0.25, -0.2) is 9.69 Å². The highest BCUT2D eigenvalue weighted by Gasteiger charge is 2.56. The molecule has 0 bridgehead atoms. The lowest BCUT2D eigenvalue weighted by Gasteiger charge is -2.26. The average Bonchev–Trinajstić information content (AvgIpc) is 2.96. The maximum absolute atomic E-state index is 12.7. The zero-order valence-corrected chi connectivity index (χ0v) is 12.5. The normalized spacial score (nSPS) is 36.1. The van der Waals surface area contributed by atoms with Crippen molar-refractivity contribution in [3.63, 3.8) is 0 Å². The highest BCUT2D eigenvalue weighted by Crippen LogP contribution is 2.31. The second-order valence-electron chi connectivity index (χ2n) is 5.57. The van der Waals surface area contributed by atoms with Gasteiger partial charge in [-0.3, -0.25) is 15.5 Å². The number of ether oxygens (including phenoxy) is 1. The van der Waals surface area contributed by atoms with E-state index in [9.17, 15) is 24.9 Å². The Morgan fingerprint density at radius 3 is 2.62 bits per heavy atom. The molecule has 3 aliphatic heterocycles. The summed E-state index contributed by atoms with van der Waals surface area (Å²) in [6.45, 7) is -0.423. The van der Waals surface area contributed by atoms with E-state index < -0.39 is 55.1 Å². The molecule has 12 heteroatoms. The summed E-state index contributed by atoms with van der Waals surface area (Å²) < 4.78 is 5.35. The maximum Gasteiger partial charge on any atom is 0.328 e. The van der Waals surface area contributed by atoms with Crippen LogP contribution < -0.4 is 11.1 Å². The Kier molecular flexibility index (Phi) is 4.23. The van der Waals surface area contributed by atoms with Crippen molar-refractivity contribution in [2.24, 2.45) is 10.7 Å². The number of nitrogens with two attached hydrogens (primary N) is 1. The molecule has 2 saturated heterocycles. The standard InChI is InChI=1S/C12H18N6O6/c13-1-2-17-5-8(15-11(14)16-9(5)22)18(12(17)23)10-7(21)6(20)4(3-19)24-10/h4-7,10,19-21H,1-3,13H2,(H2,14,16,22)/t4-,5?,6+,7-,10-/m1/s1. The Balaban J connectivity index is 1.99. The number of nitrogens with one attached hydrogen (secondary N) is 2. The summed E-state index contributed by atoms with van der Waals surface area (Å²) in [6, 6.07) is -1.79. The number of urea groups is 1. The van der Waals surface area contributed by atoms with E-state index in [1.165, 1.54) is 0 Å². The lowest BCUT2D eigenvalue weighted by atomic mass is 10.1. The van der Waals surface area contributed by atoms with Gasteiger partial charge in [-0.1, -0.05) is 0 Å². The molecule has 12 nitrogen and oxygen atoms in total. The smallest absolute Gasteiger partial charge is 0.328 e. The minimum Gasteiger partial charge on any atom is -0.394 e. The quantitative estimate of drug-likeness (QED) is 0.300. The van der Waals surface area contributed by atoms with Gasteiger partial charge in [0.1, 0.15) is 18.3 Å². The molecule has 24 heavy (non-hydrogen) atoms. The van der Waals surface area contributed by atoms with Crippen LogP contribution in [-0.2, 0) is 9.53 Å². The molecule has 0 aromatic carbocycles. The molecule has 0 aliphatic carbocycles. The molecule has 0 saturated carbocycles. The average molecular weight is 342 g/mol. The number of fused-ring (bicyclic) bond motifs is 1. The monoisotopic (exact) mass is 342 g/mol. The van der Waals surface area contributed by atoms with Crippen LogP contribution >= 0.6 is 0 Å². The van der Waals surface area contributed by atoms with Crippen molar-refractivity contribution < 1.29 is 29.6 Å². The van der Waals surface area contributed by atoms with Crippen molar-refractivity contribution in [1.82, 2.24) is 15.1 Å². The Morgan fingerprint density at radius 1 is 1.33 bits per heavy atom. The third-order valence-corrected chi connectivity index (χ3v) is 4.11. The lowest BCUT2D eigenvalue weighted by molar-refractivity contribution is -0.121. The number of hydrogen-bond acceptors (Lipinski definition) is 8. The number of carbonyl (C=O) groups excluding carboxylic acids is 2. The molecule has 2 fully saturated rings. The fourth-order valence-electron chi connectivity index (χ4n) is 3.02. The lowest BCUT2D eigenvalue weighted by Crippen LogP contribution is -2.54. The van der Waals surface area contributed by atoms with Gasteiger partial charge in [-0.2, -0.15) is 4.99 Å². The number of amidine groups is 1. The van der Waals surface area contributed by atoms with E-state index in [1.54, 1.807) is 0 Å². The van der Waals surface area contributed by atoms with Gasteiger partial charge in [0.15, 0.2) is 18.1 Å². The molecule has 0 aromatic heterocycles. The number of guanidine groups is 1. The molecule has 7 N–H and O–H groups in total. The zero-order chi connectivity index (χ0) is 17.6. The maximum atomic E-state index is 12.7. The van der Waals surface area contributed by atoms with Gasteiger partial charge in [-0.05, 0) is 0 Å². The molecule has 5 atom stereocenters. The van der Waals surface area contributed by atoms with Crippen LogP contribution in [0.3, 0.4) is 0 Å². The number of hydrogen-bond donors (Lipinski definition) is 6. The summed E-state index contributed by atoms with van der Waals surface area (Å²) in [5.74, 6) is -1.16. The van der Waals surface area contributed by atoms with Crippen molar-refractivity contribution in [3.8, 4) is 0 Å². The predicted molar refractivity (Wildman–Crippen MR) is 77.8 cm³/mol. The van der Waals surface area contributed by atoms with Crippen LogP contribution in [0.25, 0.3) is 0 Å². The molecule has 1 unspecified atom stereocenters. The van der Waals surface area contributed by atoms with E-state index in [-0.39, 0.29) is 18.9 Å². The van der Waals surface area contributed by atoms with Gasteiger partial charge in [0, 0.05) is 13.1 Å². The van der Waals surface area contributed by atoms with Crippen LogP contribution in [0.15, 0.2) is 4.99 Å². The second kappa shape index (κ2) is 6.07. The molecular formula is C12H18N6O6. The van der Waals surface area contributed by atoms with Crippen LogP contribution in [0, 0.1) is 5.41 Å². The van der Waals surface area contributed by atoms with Gasteiger partial charge in [-0.15, -0.1) is 0 Å². The number of rotatable bonds is 4. The van der Waals surface area contributed by atoms with Crippen molar-refractivity contribution >= 4 is 23.7 Å². The SMILES string of the molecule is N=C1N=C2C(C(=O)N1)N(CCN)C(=O)N2[C@@H]1O[C@H](CO)[C@H](O)[C@H]1O. The van der Waals surface area contributed by atoms with E-state index in [4.69, 9.17) is 15.9 Å². The first-order valence-electron chi connectivity index (χ1n) is 7.31. The Labute approximate surface area is 136 Å². The predicted octanol–water partition coefficient (Wildman–Crippen LogP) is -4.05. The summed E-state index contributed by atoms with van der Waals surface area (Å²) in [6.07, 6.45) is -5.34. The fraction of sp³-hybridized carbons (Fsp3) is 0.667. The summed E-state index contributed by atoms with van der Waals surface area (Å²) >= 11 is 0. The molecule has 3 heterocycles. The van der Waals surface area contributed by atoms with Crippen LogP contribution in [0.1, 0.15) is 0 Å². The number of carbonyl (C=O) groups is 2. The van der Waals surface area contributed by atoms with E-state index in [2.05, 4.69) is 10.3 Å². The minimum atomic E-state index is -1.51. The second-order valence-corrected chi connectivity index (χ2v) is 5.57. The van der Waals surface area contributed by atoms with E-state index in [1.807, 2.05) is 0 Å². The summed E-state index contributed by atoms with van der Waals surface area (Å²) in [5, 5.41) is 38.9. The largest absolute Gasteiger partial charge is 0.394 e. The Bertz CT molecular complexity index is 611. The molecule has 3 amide bonds. The Morgan fingerprint density at radius 2 is 2.04 bits per heavy atom. The number of aliphatic hydroxyl groups excluding tert-OH is 3. The number of aliphatic imine (C=N–C) groups is 1. The molecular weight excluding hydrogens is 324 g/mol. The first kappa shape index (κ1) is 16.7. The summed E-state index contributed by atoms with van der Waals surface area (Å²) in [4.78, 5) is 30.8. The third-order valence-electron chi connectivity index (χ3n) is 4.11. The topological polar surface area (TPSA) is 185 Å². The molecule has 0 radical (unpaired) electrons. The number of aliphatic hydroxyl groups is 3. The van der Waals surface area contributed by atoms with Gasteiger partial charge in [0.05, 0.1) is 6.61 Å². The molecule has 132 valence electrons. The first-order valence-corrected chi connectivity index (χ1v) is 7.31. The molecule has 3 aliphatic rings. The van der Waals surface area contributed by atoms with Crippen molar-refractivity contribution in [1.29, 1.82) is 5.41 Å². The molecule has 0 spiro atoms. The van der Waals surface area contributed by atoms with Crippen molar-refractivity contribution in [2.45, 2.75) is 30.6 Å². The van der Waals surface area contributed by atoms with E-state index >= 15 is 0 Å². The minimum absolute atomic E-state index is 0.0502.